The second-order valence-electron chi connectivity index (χ2n) is 5.44. The molecule has 1 unspecified atom stereocenters. The predicted octanol–water partition coefficient (Wildman–Crippen LogP) is 2.36. The van der Waals surface area contributed by atoms with Crippen LogP contribution in [0.15, 0.2) is 24.3 Å². The number of nitrogens with two attached hydrogens (primary N) is 1. The third-order valence-electron chi connectivity index (χ3n) is 4.14. The van der Waals surface area contributed by atoms with Crippen LogP contribution in [0.4, 0.5) is 0 Å². The Hall–Kier alpha value is -0.770. The molecule has 0 aromatic heterocycles. The number of likely N-dealkylation sites (tertiary alicyclic amines) is 1. The summed E-state index contributed by atoms with van der Waals surface area (Å²) in [5.74, 6) is 0.996. The highest BCUT2D eigenvalue weighted by atomic mass is 35.5. The Morgan fingerprint density at radius 1 is 1.28 bits per heavy atom. The summed E-state index contributed by atoms with van der Waals surface area (Å²) in [5, 5.41) is 0. The summed E-state index contributed by atoms with van der Waals surface area (Å²) >= 11 is 0. The van der Waals surface area contributed by atoms with Crippen molar-refractivity contribution in [1.29, 1.82) is 0 Å². The van der Waals surface area contributed by atoms with Gasteiger partial charge in [0.15, 0.2) is 0 Å². The monoisotopic (exact) mass is 268 g/mol. The van der Waals surface area contributed by atoms with E-state index >= 15 is 0 Å². The fourth-order valence-electron chi connectivity index (χ4n) is 3.00. The molecule has 2 aliphatic heterocycles. The quantitative estimate of drug-likeness (QED) is 0.785. The van der Waals surface area contributed by atoms with E-state index in [4.69, 9.17) is 10.5 Å². The van der Waals surface area contributed by atoms with Gasteiger partial charge in [-0.05, 0) is 26.0 Å². The first kappa shape index (κ1) is 13.7. The Bertz CT molecular complexity index is 416. The number of halogens is 1. The standard InChI is InChI=1S/C14H20N2O.ClH/c1-16-8-6-14(7-9-16)10-12(15)11-4-2-3-5-13(11)17-14;/h2-5,12H,6-10,15H2,1H3;1H. The van der Waals surface area contributed by atoms with Crippen LogP contribution in [0.2, 0.25) is 0 Å². The van der Waals surface area contributed by atoms with Crippen molar-refractivity contribution in [2.75, 3.05) is 20.1 Å². The molecule has 0 aliphatic carbocycles. The van der Waals surface area contributed by atoms with E-state index in [1.54, 1.807) is 0 Å². The van der Waals surface area contributed by atoms with Gasteiger partial charge in [-0.2, -0.15) is 0 Å². The van der Waals surface area contributed by atoms with Gasteiger partial charge >= 0.3 is 0 Å². The Morgan fingerprint density at radius 3 is 2.67 bits per heavy atom. The number of benzene rings is 1. The number of nitrogens with zero attached hydrogens (tertiary/aromatic N) is 1. The van der Waals surface area contributed by atoms with Gasteiger partial charge in [0.25, 0.3) is 0 Å². The second kappa shape index (κ2) is 5.08. The van der Waals surface area contributed by atoms with Crippen molar-refractivity contribution in [3.63, 3.8) is 0 Å². The van der Waals surface area contributed by atoms with Crippen molar-refractivity contribution in [3.05, 3.63) is 29.8 Å². The highest BCUT2D eigenvalue weighted by Crippen LogP contribution is 2.42. The number of piperidine rings is 1. The molecule has 4 heteroatoms. The molecular weight excluding hydrogens is 248 g/mol. The molecule has 1 aromatic rings. The molecule has 3 rings (SSSR count). The van der Waals surface area contributed by atoms with Gasteiger partial charge < -0.3 is 15.4 Å². The summed E-state index contributed by atoms with van der Waals surface area (Å²) in [7, 11) is 2.17. The molecule has 1 saturated heterocycles. The molecule has 1 aromatic carbocycles. The van der Waals surface area contributed by atoms with Crippen LogP contribution < -0.4 is 10.5 Å². The second-order valence-corrected chi connectivity index (χ2v) is 5.44. The van der Waals surface area contributed by atoms with E-state index in [2.05, 4.69) is 24.1 Å². The highest BCUT2D eigenvalue weighted by molar-refractivity contribution is 5.85. The van der Waals surface area contributed by atoms with Crippen LogP contribution in [0, 0.1) is 0 Å². The Kier molecular flexibility index (Phi) is 3.85. The zero-order chi connectivity index (χ0) is 11.9. The van der Waals surface area contributed by atoms with E-state index < -0.39 is 0 Å². The molecule has 2 heterocycles. The number of hydrogen-bond donors (Lipinski definition) is 1. The van der Waals surface area contributed by atoms with Gasteiger partial charge in [-0.25, -0.2) is 0 Å². The number of para-hydroxylation sites is 1. The first-order valence-corrected chi connectivity index (χ1v) is 6.41. The Balaban J connectivity index is 0.00000120. The summed E-state index contributed by atoms with van der Waals surface area (Å²) in [6.45, 7) is 2.21. The average Bonchev–Trinajstić information content (AvgIpc) is 2.34. The summed E-state index contributed by atoms with van der Waals surface area (Å²) in [4.78, 5) is 2.36. The molecule has 18 heavy (non-hydrogen) atoms. The minimum Gasteiger partial charge on any atom is -0.487 e. The zero-order valence-corrected chi connectivity index (χ0v) is 11.6. The maximum absolute atomic E-state index is 6.29. The fourth-order valence-corrected chi connectivity index (χ4v) is 3.00. The lowest BCUT2D eigenvalue weighted by Gasteiger charge is -2.45. The van der Waals surface area contributed by atoms with Crippen molar-refractivity contribution in [2.45, 2.75) is 30.9 Å². The van der Waals surface area contributed by atoms with Gasteiger partial charge in [-0.3, -0.25) is 0 Å². The number of hydrogen-bond acceptors (Lipinski definition) is 3. The lowest BCUT2D eigenvalue weighted by Crippen LogP contribution is -2.50. The van der Waals surface area contributed by atoms with E-state index in [-0.39, 0.29) is 24.0 Å². The van der Waals surface area contributed by atoms with Crippen LogP contribution >= 0.6 is 12.4 Å². The van der Waals surface area contributed by atoms with Crippen molar-refractivity contribution in [3.8, 4) is 5.75 Å². The van der Waals surface area contributed by atoms with Gasteiger partial charge in [0.1, 0.15) is 11.4 Å². The van der Waals surface area contributed by atoms with Crippen molar-refractivity contribution in [1.82, 2.24) is 4.90 Å². The molecule has 2 N–H and O–H groups in total. The van der Waals surface area contributed by atoms with Crippen LogP contribution in [0.3, 0.4) is 0 Å². The van der Waals surface area contributed by atoms with Gasteiger partial charge in [-0.1, -0.05) is 18.2 Å². The summed E-state index contributed by atoms with van der Waals surface area (Å²) < 4.78 is 6.27. The van der Waals surface area contributed by atoms with E-state index in [9.17, 15) is 0 Å². The third-order valence-corrected chi connectivity index (χ3v) is 4.14. The maximum atomic E-state index is 6.29. The van der Waals surface area contributed by atoms with Gasteiger partial charge in [-0.15, -0.1) is 12.4 Å². The van der Waals surface area contributed by atoms with Gasteiger partial charge in [0.2, 0.25) is 0 Å². The topological polar surface area (TPSA) is 38.5 Å². The first-order chi connectivity index (χ1) is 8.19. The van der Waals surface area contributed by atoms with Gasteiger partial charge in [0, 0.05) is 31.1 Å². The van der Waals surface area contributed by atoms with Crippen LogP contribution in [0.1, 0.15) is 30.9 Å². The molecular formula is C14H21ClN2O. The lowest BCUT2D eigenvalue weighted by atomic mass is 9.81. The molecule has 0 saturated carbocycles. The van der Waals surface area contributed by atoms with Crippen LogP contribution in [0.25, 0.3) is 0 Å². The molecule has 1 fully saturated rings. The molecule has 0 radical (unpaired) electrons. The molecule has 2 aliphatic rings. The van der Waals surface area contributed by atoms with Crippen molar-refractivity contribution in [2.24, 2.45) is 5.73 Å². The van der Waals surface area contributed by atoms with Crippen molar-refractivity contribution < 1.29 is 4.74 Å². The first-order valence-electron chi connectivity index (χ1n) is 6.41. The number of fused-ring (bicyclic) bond motifs is 1. The normalized spacial score (nSPS) is 26.0. The van der Waals surface area contributed by atoms with E-state index in [0.717, 1.165) is 43.7 Å². The maximum Gasteiger partial charge on any atom is 0.124 e. The fraction of sp³-hybridized carbons (Fsp3) is 0.571. The summed E-state index contributed by atoms with van der Waals surface area (Å²) in [6.07, 6.45) is 3.13. The Morgan fingerprint density at radius 2 is 1.94 bits per heavy atom. The molecule has 0 amide bonds. The predicted molar refractivity (Wildman–Crippen MR) is 75.3 cm³/mol. The van der Waals surface area contributed by atoms with E-state index in [1.165, 1.54) is 0 Å². The molecule has 100 valence electrons. The lowest BCUT2D eigenvalue weighted by molar-refractivity contribution is -0.0163. The SMILES string of the molecule is CN1CCC2(CC1)CC(N)c1ccccc1O2.Cl. The van der Waals surface area contributed by atoms with Crippen molar-refractivity contribution >= 4 is 12.4 Å². The number of ether oxygens (including phenoxy) is 1. The van der Waals surface area contributed by atoms with Gasteiger partial charge in [0.05, 0.1) is 0 Å². The smallest absolute Gasteiger partial charge is 0.124 e. The molecule has 1 atom stereocenters. The molecule has 1 spiro atoms. The third kappa shape index (κ3) is 2.35. The Labute approximate surface area is 115 Å². The molecule has 3 nitrogen and oxygen atoms in total. The minimum absolute atomic E-state index is 0. The summed E-state index contributed by atoms with van der Waals surface area (Å²) in [6, 6.07) is 8.33. The van der Waals surface area contributed by atoms with E-state index in [0.29, 0.717) is 0 Å². The van der Waals surface area contributed by atoms with Crippen LogP contribution in [-0.2, 0) is 0 Å². The van der Waals surface area contributed by atoms with Crippen LogP contribution in [-0.4, -0.2) is 30.6 Å². The minimum atomic E-state index is -0.0136. The molecule has 0 bridgehead atoms. The summed E-state index contributed by atoms with van der Waals surface area (Å²) in [5.41, 5.74) is 7.44. The highest BCUT2D eigenvalue weighted by Gasteiger charge is 2.41. The zero-order valence-electron chi connectivity index (χ0n) is 10.8. The average molecular weight is 269 g/mol. The van der Waals surface area contributed by atoms with E-state index in [1.807, 2.05) is 12.1 Å². The number of rotatable bonds is 0. The largest absolute Gasteiger partial charge is 0.487 e. The van der Waals surface area contributed by atoms with Crippen LogP contribution in [0.5, 0.6) is 5.75 Å².